The number of hydrogen-bond acceptors (Lipinski definition) is 6. The Morgan fingerprint density at radius 1 is 0.941 bits per heavy atom. The van der Waals surface area contributed by atoms with Crippen molar-refractivity contribution in [2.75, 3.05) is 33.9 Å². The van der Waals surface area contributed by atoms with Gasteiger partial charge in [-0.05, 0) is 43.3 Å². The van der Waals surface area contributed by atoms with Gasteiger partial charge in [-0.15, -0.1) is 0 Å². The van der Waals surface area contributed by atoms with Gasteiger partial charge >= 0.3 is 0 Å². The third-order valence-electron chi connectivity index (χ3n) is 6.23. The van der Waals surface area contributed by atoms with Crippen molar-refractivity contribution in [3.8, 4) is 23.0 Å². The van der Waals surface area contributed by atoms with E-state index in [4.69, 9.17) is 19.2 Å². The first-order chi connectivity index (χ1) is 16.6. The minimum absolute atomic E-state index is 0.0206. The highest BCUT2D eigenvalue weighted by Gasteiger charge is 2.32. The molecule has 1 fully saturated rings. The number of aliphatic imine (C=N–C) groups is 1. The Kier molecular flexibility index (Phi) is 5.84. The molecular formula is C27H27N3O4. The Balaban J connectivity index is 1.42. The first kappa shape index (κ1) is 21.8. The van der Waals surface area contributed by atoms with E-state index in [1.807, 2.05) is 53.4 Å². The maximum atomic E-state index is 13.4. The van der Waals surface area contributed by atoms with Crippen molar-refractivity contribution in [3.63, 3.8) is 0 Å². The number of hydrogen-bond donors (Lipinski definition) is 0. The molecule has 1 atom stereocenters. The van der Waals surface area contributed by atoms with E-state index < -0.39 is 0 Å². The van der Waals surface area contributed by atoms with Crippen molar-refractivity contribution in [2.24, 2.45) is 4.99 Å². The number of amides is 1. The molecule has 0 radical (unpaired) electrons. The summed E-state index contributed by atoms with van der Waals surface area (Å²) in [6.07, 6.45) is 0. The number of para-hydroxylation sites is 3. The summed E-state index contributed by atoms with van der Waals surface area (Å²) >= 11 is 0. The van der Waals surface area contributed by atoms with Gasteiger partial charge in [0.1, 0.15) is 28.8 Å². The van der Waals surface area contributed by atoms with Gasteiger partial charge in [0.15, 0.2) is 5.75 Å². The van der Waals surface area contributed by atoms with Gasteiger partial charge in [0.05, 0.1) is 19.8 Å². The molecule has 1 saturated heterocycles. The SMILES string of the molecule is COc1cc(OC)cc(C(=O)N2CCN(C3=Nc4ccccc4Oc4ccccc43)CC2C)c1. The van der Waals surface area contributed by atoms with Crippen LogP contribution in [0.1, 0.15) is 22.8 Å². The first-order valence-electron chi connectivity index (χ1n) is 11.3. The number of amidine groups is 1. The zero-order valence-electron chi connectivity index (χ0n) is 19.5. The Morgan fingerprint density at radius 2 is 1.62 bits per heavy atom. The van der Waals surface area contributed by atoms with Crippen LogP contribution in [0.15, 0.2) is 71.7 Å². The summed E-state index contributed by atoms with van der Waals surface area (Å²) < 4.78 is 16.9. The third-order valence-corrected chi connectivity index (χ3v) is 6.23. The summed E-state index contributed by atoms with van der Waals surface area (Å²) in [5.74, 6) is 3.53. The topological polar surface area (TPSA) is 63.6 Å². The second kappa shape index (κ2) is 9.09. The molecule has 2 aliphatic rings. The maximum absolute atomic E-state index is 13.4. The summed E-state index contributed by atoms with van der Waals surface area (Å²) in [5, 5.41) is 0. The van der Waals surface area contributed by atoms with Crippen molar-refractivity contribution >= 4 is 17.4 Å². The molecule has 0 aliphatic carbocycles. The Hall–Kier alpha value is -4.00. The second-order valence-electron chi connectivity index (χ2n) is 8.40. The summed E-state index contributed by atoms with van der Waals surface area (Å²) in [6, 6.07) is 21.0. The normalized spacial score (nSPS) is 17.0. The van der Waals surface area contributed by atoms with E-state index in [1.165, 1.54) is 0 Å². The summed E-state index contributed by atoms with van der Waals surface area (Å²) in [4.78, 5) is 22.5. The molecule has 7 heteroatoms. The van der Waals surface area contributed by atoms with Crippen molar-refractivity contribution in [1.29, 1.82) is 0 Å². The van der Waals surface area contributed by atoms with Crippen LogP contribution in [-0.2, 0) is 0 Å². The van der Waals surface area contributed by atoms with Crippen LogP contribution in [0.5, 0.6) is 23.0 Å². The molecule has 34 heavy (non-hydrogen) atoms. The molecule has 3 aromatic rings. The van der Waals surface area contributed by atoms with E-state index in [0.29, 0.717) is 36.7 Å². The number of carbonyl (C=O) groups excluding carboxylic acids is 1. The molecule has 0 spiro atoms. The van der Waals surface area contributed by atoms with E-state index in [0.717, 1.165) is 28.6 Å². The highest BCUT2D eigenvalue weighted by atomic mass is 16.5. The van der Waals surface area contributed by atoms with Crippen molar-refractivity contribution in [1.82, 2.24) is 9.80 Å². The molecule has 3 aromatic carbocycles. The average molecular weight is 458 g/mol. The monoisotopic (exact) mass is 457 g/mol. The molecule has 2 heterocycles. The fourth-order valence-electron chi connectivity index (χ4n) is 4.46. The minimum Gasteiger partial charge on any atom is -0.497 e. The molecule has 174 valence electrons. The molecule has 0 bridgehead atoms. The van der Waals surface area contributed by atoms with Gasteiger partial charge in [-0.25, -0.2) is 4.99 Å². The maximum Gasteiger partial charge on any atom is 0.254 e. The molecule has 1 unspecified atom stereocenters. The van der Waals surface area contributed by atoms with Gasteiger partial charge < -0.3 is 24.0 Å². The molecular weight excluding hydrogens is 430 g/mol. The molecule has 2 aliphatic heterocycles. The predicted molar refractivity (Wildman–Crippen MR) is 131 cm³/mol. The van der Waals surface area contributed by atoms with Crippen molar-refractivity contribution in [2.45, 2.75) is 13.0 Å². The quantitative estimate of drug-likeness (QED) is 0.569. The fourth-order valence-corrected chi connectivity index (χ4v) is 4.46. The van der Waals surface area contributed by atoms with Crippen LogP contribution in [-0.4, -0.2) is 61.4 Å². The third kappa shape index (κ3) is 4.05. The lowest BCUT2D eigenvalue weighted by molar-refractivity contribution is 0.0580. The Bertz CT molecular complexity index is 1230. The number of nitrogens with zero attached hydrogens (tertiary/aromatic N) is 3. The number of ether oxygens (including phenoxy) is 3. The van der Waals surface area contributed by atoms with E-state index >= 15 is 0 Å². The summed E-state index contributed by atoms with van der Waals surface area (Å²) in [5.41, 5.74) is 2.29. The molecule has 0 aromatic heterocycles. The van der Waals surface area contributed by atoms with Gasteiger partial charge in [0, 0.05) is 37.3 Å². The van der Waals surface area contributed by atoms with Crippen molar-refractivity contribution < 1.29 is 19.0 Å². The number of rotatable bonds is 3. The predicted octanol–water partition coefficient (Wildman–Crippen LogP) is 4.73. The van der Waals surface area contributed by atoms with Crippen LogP contribution >= 0.6 is 0 Å². The lowest BCUT2D eigenvalue weighted by Gasteiger charge is -2.41. The molecule has 5 rings (SSSR count). The lowest BCUT2D eigenvalue weighted by Crippen LogP contribution is -2.55. The van der Waals surface area contributed by atoms with Crippen LogP contribution in [0.2, 0.25) is 0 Å². The van der Waals surface area contributed by atoms with Crippen LogP contribution in [0.4, 0.5) is 5.69 Å². The molecule has 0 saturated carbocycles. The fraction of sp³-hybridized carbons (Fsp3) is 0.259. The van der Waals surface area contributed by atoms with Crippen LogP contribution in [0.25, 0.3) is 0 Å². The first-order valence-corrected chi connectivity index (χ1v) is 11.3. The Labute approximate surface area is 199 Å². The Morgan fingerprint density at radius 3 is 2.32 bits per heavy atom. The van der Waals surface area contributed by atoms with E-state index in [-0.39, 0.29) is 11.9 Å². The minimum atomic E-state index is -0.0405. The number of piperazine rings is 1. The largest absolute Gasteiger partial charge is 0.497 e. The summed E-state index contributed by atoms with van der Waals surface area (Å²) in [7, 11) is 3.16. The summed E-state index contributed by atoms with van der Waals surface area (Å²) in [6.45, 7) is 3.95. The highest BCUT2D eigenvalue weighted by Crippen LogP contribution is 2.38. The van der Waals surface area contributed by atoms with Gasteiger partial charge in [-0.1, -0.05) is 24.3 Å². The molecule has 1 amide bonds. The zero-order chi connectivity index (χ0) is 23.7. The van der Waals surface area contributed by atoms with E-state index in [2.05, 4.69) is 11.8 Å². The van der Waals surface area contributed by atoms with E-state index in [9.17, 15) is 4.79 Å². The van der Waals surface area contributed by atoms with Crippen LogP contribution < -0.4 is 14.2 Å². The highest BCUT2D eigenvalue weighted by molar-refractivity contribution is 6.04. The van der Waals surface area contributed by atoms with Crippen LogP contribution in [0, 0.1) is 0 Å². The van der Waals surface area contributed by atoms with Gasteiger partial charge in [0.25, 0.3) is 5.91 Å². The number of benzene rings is 3. The molecule has 0 N–H and O–H groups in total. The molecule has 7 nitrogen and oxygen atoms in total. The van der Waals surface area contributed by atoms with E-state index in [1.54, 1.807) is 32.4 Å². The number of carbonyl (C=O) groups is 1. The number of fused-ring (bicyclic) bond motifs is 2. The number of methoxy groups -OCH3 is 2. The van der Waals surface area contributed by atoms with Crippen molar-refractivity contribution in [3.05, 3.63) is 77.9 Å². The van der Waals surface area contributed by atoms with Gasteiger partial charge in [0.2, 0.25) is 0 Å². The van der Waals surface area contributed by atoms with Gasteiger partial charge in [-0.3, -0.25) is 4.79 Å². The lowest BCUT2D eigenvalue weighted by atomic mass is 10.1. The average Bonchev–Trinajstić information content (AvgIpc) is 3.04. The smallest absolute Gasteiger partial charge is 0.254 e. The zero-order valence-corrected chi connectivity index (χ0v) is 19.5. The second-order valence-corrected chi connectivity index (χ2v) is 8.40. The standard InChI is InChI=1S/C27H27N3O4/c1-18-17-29(12-13-30(18)27(31)19-14-20(32-2)16-21(15-19)33-3)26-22-8-4-6-10-24(22)34-25-11-7-5-9-23(25)28-26/h4-11,14-16,18H,12-13,17H2,1-3H3. The van der Waals surface area contributed by atoms with Gasteiger partial charge in [-0.2, -0.15) is 0 Å². The van der Waals surface area contributed by atoms with Crippen LogP contribution in [0.3, 0.4) is 0 Å².